The van der Waals surface area contributed by atoms with E-state index in [0.717, 1.165) is 0 Å². The largest absolute Gasteiger partial charge is 0.476 e. The van der Waals surface area contributed by atoms with Crippen molar-refractivity contribution < 1.29 is 9.90 Å². The van der Waals surface area contributed by atoms with Gasteiger partial charge in [0.1, 0.15) is 5.01 Å². The van der Waals surface area contributed by atoms with E-state index in [9.17, 15) is 4.79 Å². The van der Waals surface area contributed by atoms with E-state index >= 15 is 0 Å². The van der Waals surface area contributed by atoms with Crippen LogP contribution >= 0.6 is 11.3 Å². The average Bonchev–Trinajstić information content (AvgIpc) is 2.50. The molecule has 1 rings (SSSR count). The SMILES string of the molecule is CC(C)[C@@H](N)c1nc(C(=O)O)cs1. The van der Waals surface area contributed by atoms with E-state index in [1.165, 1.54) is 16.7 Å². The molecule has 3 N–H and O–H groups in total. The second-order valence-corrected chi connectivity index (χ2v) is 4.04. The summed E-state index contributed by atoms with van der Waals surface area (Å²) in [6.45, 7) is 3.96. The lowest BCUT2D eigenvalue weighted by atomic mass is 10.1. The molecule has 0 aliphatic carbocycles. The highest BCUT2D eigenvalue weighted by Gasteiger charge is 2.16. The van der Waals surface area contributed by atoms with Gasteiger partial charge in [0, 0.05) is 5.38 Å². The molecule has 0 saturated carbocycles. The van der Waals surface area contributed by atoms with Crippen LogP contribution in [-0.4, -0.2) is 16.1 Å². The molecular weight excluding hydrogens is 188 g/mol. The van der Waals surface area contributed by atoms with E-state index in [4.69, 9.17) is 10.8 Å². The van der Waals surface area contributed by atoms with Crippen molar-refractivity contribution in [3.05, 3.63) is 16.1 Å². The number of hydrogen-bond acceptors (Lipinski definition) is 4. The molecule has 0 aliphatic heterocycles. The Hall–Kier alpha value is -0.940. The molecule has 4 nitrogen and oxygen atoms in total. The molecule has 1 aromatic heterocycles. The number of nitrogens with two attached hydrogens (primary N) is 1. The second-order valence-electron chi connectivity index (χ2n) is 3.15. The van der Waals surface area contributed by atoms with Gasteiger partial charge in [0.25, 0.3) is 0 Å². The van der Waals surface area contributed by atoms with Crippen molar-refractivity contribution in [1.29, 1.82) is 0 Å². The summed E-state index contributed by atoms with van der Waals surface area (Å²) in [5.74, 6) is -0.730. The second kappa shape index (κ2) is 3.85. The minimum Gasteiger partial charge on any atom is -0.476 e. The van der Waals surface area contributed by atoms with E-state index in [1.54, 1.807) is 0 Å². The fourth-order valence-electron chi connectivity index (χ4n) is 0.824. The molecule has 0 fully saturated rings. The van der Waals surface area contributed by atoms with Crippen LogP contribution in [-0.2, 0) is 0 Å². The van der Waals surface area contributed by atoms with Gasteiger partial charge in [-0.2, -0.15) is 0 Å². The number of aromatic carboxylic acids is 1. The first-order valence-electron chi connectivity index (χ1n) is 3.96. The van der Waals surface area contributed by atoms with Gasteiger partial charge in [-0.1, -0.05) is 13.8 Å². The van der Waals surface area contributed by atoms with Gasteiger partial charge in [-0.25, -0.2) is 9.78 Å². The molecule has 0 aliphatic rings. The van der Waals surface area contributed by atoms with Gasteiger partial charge in [-0.05, 0) is 5.92 Å². The zero-order chi connectivity index (χ0) is 10.0. The lowest BCUT2D eigenvalue weighted by molar-refractivity contribution is 0.0691. The van der Waals surface area contributed by atoms with Crippen molar-refractivity contribution in [2.75, 3.05) is 0 Å². The molecule has 13 heavy (non-hydrogen) atoms. The Morgan fingerprint density at radius 2 is 2.31 bits per heavy atom. The average molecular weight is 200 g/mol. The molecule has 1 atom stereocenters. The molecular formula is C8H12N2O2S. The topological polar surface area (TPSA) is 76.2 Å². The van der Waals surface area contributed by atoms with Crippen LogP contribution in [0.5, 0.6) is 0 Å². The number of thiazole rings is 1. The van der Waals surface area contributed by atoms with Crippen molar-refractivity contribution in [1.82, 2.24) is 4.98 Å². The molecule has 0 saturated heterocycles. The van der Waals surface area contributed by atoms with Gasteiger partial charge in [0.15, 0.2) is 5.69 Å². The maximum absolute atomic E-state index is 10.5. The fraction of sp³-hybridized carbons (Fsp3) is 0.500. The van der Waals surface area contributed by atoms with E-state index in [1.807, 2.05) is 13.8 Å². The minimum atomic E-state index is -1.00. The highest BCUT2D eigenvalue weighted by atomic mass is 32.1. The summed E-state index contributed by atoms with van der Waals surface area (Å²) in [5, 5.41) is 10.8. The van der Waals surface area contributed by atoms with Crippen LogP contribution in [0.2, 0.25) is 0 Å². The lowest BCUT2D eigenvalue weighted by Gasteiger charge is -2.11. The van der Waals surface area contributed by atoms with Gasteiger partial charge in [0.05, 0.1) is 6.04 Å². The minimum absolute atomic E-state index is 0.0797. The van der Waals surface area contributed by atoms with Crippen molar-refractivity contribution in [2.45, 2.75) is 19.9 Å². The lowest BCUT2D eigenvalue weighted by Crippen LogP contribution is -2.16. The number of aromatic nitrogens is 1. The van der Waals surface area contributed by atoms with Gasteiger partial charge in [-0.15, -0.1) is 11.3 Å². The standard InChI is InChI=1S/C8H12N2O2S/c1-4(2)6(9)7-10-5(3-13-7)8(11)12/h3-4,6H,9H2,1-2H3,(H,11,12)/t6-/m1/s1. The molecule has 0 aromatic carbocycles. The highest BCUT2D eigenvalue weighted by Crippen LogP contribution is 2.22. The third kappa shape index (κ3) is 2.26. The van der Waals surface area contributed by atoms with Crippen LogP contribution < -0.4 is 5.73 Å². The molecule has 0 bridgehead atoms. The smallest absolute Gasteiger partial charge is 0.355 e. The third-order valence-electron chi connectivity index (χ3n) is 1.74. The summed E-state index contributed by atoms with van der Waals surface area (Å²) >= 11 is 1.30. The first kappa shape index (κ1) is 10.1. The van der Waals surface area contributed by atoms with E-state index in [2.05, 4.69) is 4.98 Å². The van der Waals surface area contributed by atoms with Crippen molar-refractivity contribution in [3.63, 3.8) is 0 Å². The molecule has 5 heteroatoms. The van der Waals surface area contributed by atoms with E-state index in [0.29, 0.717) is 5.01 Å². The summed E-state index contributed by atoms with van der Waals surface area (Å²) in [4.78, 5) is 14.4. The third-order valence-corrected chi connectivity index (χ3v) is 2.69. The molecule has 72 valence electrons. The number of carboxylic acid groups (broad SMARTS) is 1. The number of nitrogens with zero attached hydrogens (tertiary/aromatic N) is 1. The van der Waals surface area contributed by atoms with Gasteiger partial charge < -0.3 is 10.8 Å². The Morgan fingerprint density at radius 3 is 2.69 bits per heavy atom. The quantitative estimate of drug-likeness (QED) is 0.775. The van der Waals surface area contributed by atoms with Gasteiger partial charge >= 0.3 is 5.97 Å². The summed E-state index contributed by atoms with van der Waals surface area (Å²) in [6.07, 6.45) is 0. The molecule has 0 unspecified atom stereocenters. The monoisotopic (exact) mass is 200 g/mol. The Bertz CT molecular complexity index is 309. The van der Waals surface area contributed by atoms with Crippen molar-refractivity contribution in [2.24, 2.45) is 11.7 Å². The fourth-order valence-corrected chi connectivity index (χ4v) is 1.79. The first-order chi connectivity index (χ1) is 6.02. The van der Waals surface area contributed by atoms with E-state index in [-0.39, 0.29) is 17.7 Å². The summed E-state index contributed by atoms with van der Waals surface area (Å²) in [6, 6.07) is -0.168. The van der Waals surface area contributed by atoms with Crippen LogP contribution in [0.1, 0.15) is 35.4 Å². The summed E-state index contributed by atoms with van der Waals surface area (Å²) in [5.41, 5.74) is 5.89. The van der Waals surface area contributed by atoms with Gasteiger partial charge in [-0.3, -0.25) is 0 Å². The predicted molar refractivity (Wildman–Crippen MR) is 50.8 cm³/mol. The van der Waals surface area contributed by atoms with E-state index < -0.39 is 5.97 Å². The predicted octanol–water partition coefficient (Wildman–Crippen LogP) is 1.50. The van der Waals surface area contributed by atoms with Gasteiger partial charge in [0.2, 0.25) is 0 Å². The maximum atomic E-state index is 10.5. The molecule has 1 heterocycles. The molecule has 0 spiro atoms. The van der Waals surface area contributed by atoms with Crippen LogP contribution in [0.4, 0.5) is 0 Å². The highest BCUT2D eigenvalue weighted by molar-refractivity contribution is 7.09. The number of hydrogen-bond donors (Lipinski definition) is 2. The van der Waals surface area contributed by atoms with Crippen LogP contribution in [0.25, 0.3) is 0 Å². The Labute approximate surface area is 80.4 Å². The normalized spacial score (nSPS) is 13.2. The van der Waals surface area contributed by atoms with Crippen LogP contribution in [0, 0.1) is 5.92 Å². The number of rotatable bonds is 3. The van der Waals surface area contributed by atoms with Crippen molar-refractivity contribution in [3.8, 4) is 0 Å². The summed E-state index contributed by atoms with van der Waals surface area (Å²) in [7, 11) is 0. The maximum Gasteiger partial charge on any atom is 0.355 e. The molecule has 0 radical (unpaired) electrons. The van der Waals surface area contributed by atoms with Crippen LogP contribution in [0.15, 0.2) is 5.38 Å². The number of carbonyl (C=O) groups is 1. The zero-order valence-corrected chi connectivity index (χ0v) is 8.34. The zero-order valence-electron chi connectivity index (χ0n) is 7.52. The summed E-state index contributed by atoms with van der Waals surface area (Å²) < 4.78 is 0. The molecule has 1 aromatic rings. The van der Waals surface area contributed by atoms with Crippen LogP contribution in [0.3, 0.4) is 0 Å². The Balaban J connectivity index is 2.85. The molecule has 0 amide bonds. The van der Waals surface area contributed by atoms with Crippen molar-refractivity contribution >= 4 is 17.3 Å². The Morgan fingerprint density at radius 1 is 1.69 bits per heavy atom. The number of carboxylic acids is 1. The Kier molecular flexibility index (Phi) is 3.00. The first-order valence-corrected chi connectivity index (χ1v) is 4.84.